The van der Waals surface area contributed by atoms with Gasteiger partial charge in [-0.2, -0.15) is 5.26 Å². The number of nitriles is 1. The van der Waals surface area contributed by atoms with E-state index in [4.69, 9.17) is 10.8 Å². The van der Waals surface area contributed by atoms with Gasteiger partial charge in [0.2, 0.25) is 0 Å². The molecule has 1 aliphatic rings. The molecule has 0 unspecified atom stereocenters. The number of nitrogens with zero attached hydrogens (tertiary/aromatic N) is 2. The van der Waals surface area contributed by atoms with E-state index in [2.05, 4.69) is 30.3 Å². The van der Waals surface area contributed by atoms with Crippen LogP contribution in [0.25, 0.3) is 0 Å². The molecule has 0 atom stereocenters. The highest BCUT2D eigenvalue weighted by molar-refractivity contribution is 6.42. The summed E-state index contributed by atoms with van der Waals surface area (Å²) in [6.07, 6.45) is 6.59. The minimum atomic E-state index is -0.377. The van der Waals surface area contributed by atoms with Gasteiger partial charge in [-0.1, -0.05) is 13.8 Å². The van der Waals surface area contributed by atoms with Crippen LogP contribution in [0.15, 0.2) is 24.3 Å². The summed E-state index contributed by atoms with van der Waals surface area (Å²) in [5, 5.41) is 27.9. The van der Waals surface area contributed by atoms with Gasteiger partial charge in [-0.05, 0) is 80.9 Å². The maximum absolute atomic E-state index is 12.3. The number of carbonyl (C=O) groups excluding carboxylic acids is 1. The Morgan fingerprint density at radius 3 is 2.40 bits per heavy atom. The SMILES string of the molecule is Cc1c(C#N)ccc(N(C)C2CCC(NC(=O)C(=N)/C=C\C(=N)C(C)C)CC2)c1C.[HH]. The maximum atomic E-state index is 12.3. The number of hydrogen-bond acceptors (Lipinski definition) is 5. The molecule has 2 rings (SSSR count). The van der Waals surface area contributed by atoms with E-state index in [0.29, 0.717) is 11.8 Å². The lowest BCUT2D eigenvalue weighted by Gasteiger charge is -2.37. The maximum Gasteiger partial charge on any atom is 0.269 e. The molecule has 6 nitrogen and oxygen atoms in total. The standard InChI is InChI=1S/C24H33N5O.H2/c1-15(2)21(26)11-12-22(27)24(30)28-19-7-9-20(10-8-19)29(5)23-13-6-18(14-25)16(3)17(23)4;/h6,11-13,15,19-20,26-27H,7-10H2,1-5H3,(H,28,30);1H/b12-11-,26-21?,27-22?;. The molecule has 30 heavy (non-hydrogen) atoms. The van der Waals surface area contributed by atoms with Crippen LogP contribution in [0.5, 0.6) is 0 Å². The van der Waals surface area contributed by atoms with Crippen LogP contribution in [0.4, 0.5) is 5.69 Å². The second kappa shape index (κ2) is 10.2. The Morgan fingerprint density at radius 2 is 1.83 bits per heavy atom. The average Bonchev–Trinajstić information content (AvgIpc) is 2.73. The molecular weight excluding hydrogens is 374 g/mol. The van der Waals surface area contributed by atoms with Gasteiger partial charge >= 0.3 is 0 Å². The number of carbonyl (C=O) groups is 1. The smallest absolute Gasteiger partial charge is 0.269 e. The summed E-state index contributed by atoms with van der Waals surface area (Å²) < 4.78 is 0. The van der Waals surface area contributed by atoms with Crippen LogP contribution in [0, 0.1) is 41.9 Å². The van der Waals surface area contributed by atoms with Crippen molar-refractivity contribution in [2.24, 2.45) is 5.92 Å². The Kier molecular flexibility index (Phi) is 7.93. The molecule has 1 fully saturated rings. The first-order valence-electron chi connectivity index (χ1n) is 10.5. The fourth-order valence-corrected chi connectivity index (χ4v) is 3.82. The van der Waals surface area contributed by atoms with E-state index in [9.17, 15) is 10.1 Å². The molecule has 1 amide bonds. The second-order valence-electron chi connectivity index (χ2n) is 8.44. The minimum Gasteiger partial charge on any atom is -0.371 e. The van der Waals surface area contributed by atoms with Gasteiger partial charge in [0, 0.05) is 32.0 Å². The van der Waals surface area contributed by atoms with Crippen molar-refractivity contribution < 1.29 is 6.22 Å². The van der Waals surface area contributed by atoms with Crippen LogP contribution in [0.2, 0.25) is 0 Å². The van der Waals surface area contributed by atoms with E-state index >= 15 is 0 Å². The number of rotatable bonds is 7. The average molecular weight is 410 g/mol. The molecule has 1 aromatic rings. The van der Waals surface area contributed by atoms with Crippen LogP contribution in [-0.2, 0) is 4.79 Å². The van der Waals surface area contributed by atoms with E-state index in [-0.39, 0.29) is 25.0 Å². The Hall–Kier alpha value is -2.94. The molecule has 0 spiro atoms. The molecule has 0 aliphatic heterocycles. The number of benzene rings is 1. The van der Waals surface area contributed by atoms with E-state index in [1.807, 2.05) is 32.9 Å². The summed E-state index contributed by atoms with van der Waals surface area (Å²) in [5.41, 5.74) is 4.33. The van der Waals surface area contributed by atoms with Gasteiger partial charge in [0.05, 0.1) is 11.6 Å². The summed E-state index contributed by atoms with van der Waals surface area (Å²) in [7, 11) is 2.10. The Bertz CT molecular complexity index is 892. The molecule has 162 valence electrons. The second-order valence-corrected chi connectivity index (χ2v) is 8.44. The normalized spacial score (nSPS) is 18.8. The number of nitrogens with one attached hydrogen (secondary N) is 3. The van der Waals surface area contributed by atoms with Crippen molar-refractivity contribution in [1.29, 1.82) is 16.1 Å². The van der Waals surface area contributed by atoms with Crippen LogP contribution in [0.3, 0.4) is 0 Å². The molecule has 0 heterocycles. The zero-order valence-electron chi connectivity index (χ0n) is 18.7. The third-order valence-electron chi connectivity index (χ3n) is 6.13. The van der Waals surface area contributed by atoms with Gasteiger partial charge in [0.1, 0.15) is 5.71 Å². The van der Waals surface area contributed by atoms with Gasteiger partial charge in [0.15, 0.2) is 0 Å². The molecule has 0 aromatic heterocycles. The van der Waals surface area contributed by atoms with Gasteiger partial charge < -0.3 is 15.6 Å². The fraction of sp³-hybridized carbons (Fsp3) is 0.500. The van der Waals surface area contributed by atoms with E-state index in [1.165, 1.54) is 12.2 Å². The zero-order chi connectivity index (χ0) is 22.4. The quantitative estimate of drug-likeness (QED) is 0.576. The monoisotopic (exact) mass is 409 g/mol. The molecule has 6 heteroatoms. The van der Waals surface area contributed by atoms with Crippen molar-refractivity contribution in [3.8, 4) is 6.07 Å². The van der Waals surface area contributed by atoms with Crippen LogP contribution < -0.4 is 10.2 Å². The van der Waals surface area contributed by atoms with E-state index in [0.717, 1.165) is 48.1 Å². The predicted octanol–water partition coefficient (Wildman–Crippen LogP) is 4.54. The van der Waals surface area contributed by atoms with Crippen molar-refractivity contribution in [3.63, 3.8) is 0 Å². The summed E-state index contributed by atoms with van der Waals surface area (Å²) in [6.45, 7) is 7.87. The van der Waals surface area contributed by atoms with Gasteiger partial charge in [0.25, 0.3) is 5.91 Å². The van der Waals surface area contributed by atoms with Gasteiger partial charge in [-0.25, -0.2) is 0 Å². The molecule has 0 bridgehead atoms. The third kappa shape index (κ3) is 5.56. The first-order chi connectivity index (χ1) is 14.1. The molecular formula is C24H35N5O. The summed E-state index contributed by atoms with van der Waals surface area (Å²) in [5.74, 6) is -0.300. The van der Waals surface area contributed by atoms with Crippen molar-refractivity contribution in [2.45, 2.75) is 65.5 Å². The van der Waals surface area contributed by atoms with Crippen LogP contribution in [0.1, 0.15) is 57.6 Å². The number of amides is 1. The van der Waals surface area contributed by atoms with Crippen LogP contribution >= 0.6 is 0 Å². The first kappa shape index (κ1) is 23.3. The van der Waals surface area contributed by atoms with E-state index in [1.54, 1.807) is 0 Å². The van der Waals surface area contributed by atoms with Crippen LogP contribution in [-0.4, -0.2) is 36.5 Å². The first-order valence-corrected chi connectivity index (χ1v) is 10.5. The zero-order valence-corrected chi connectivity index (χ0v) is 18.7. The molecule has 0 saturated heterocycles. The molecule has 1 saturated carbocycles. The topological polar surface area (TPSA) is 104 Å². The van der Waals surface area contributed by atoms with Crippen molar-refractivity contribution in [1.82, 2.24) is 5.32 Å². The van der Waals surface area contributed by atoms with Gasteiger partial charge in [-0.15, -0.1) is 0 Å². The highest BCUT2D eigenvalue weighted by Gasteiger charge is 2.26. The van der Waals surface area contributed by atoms with Gasteiger partial charge in [-0.3, -0.25) is 10.2 Å². The predicted molar refractivity (Wildman–Crippen MR) is 125 cm³/mol. The van der Waals surface area contributed by atoms with Crippen molar-refractivity contribution in [2.75, 3.05) is 11.9 Å². The highest BCUT2D eigenvalue weighted by Crippen LogP contribution is 2.30. The molecule has 1 aliphatic carbocycles. The number of anilines is 1. The molecule has 3 N–H and O–H groups in total. The third-order valence-corrected chi connectivity index (χ3v) is 6.13. The fourth-order valence-electron chi connectivity index (χ4n) is 3.82. The lowest BCUT2D eigenvalue weighted by molar-refractivity contribution is -0.115. The molecule has 1 aromatic carbocycles. The summed E-state index contributed by atoms with van der Waals surface area (Å²) in [6, 6.07) is 6.61. The Morgan fingerprint density at radius 1 is 1.20 bits per heavy atom. The lowest BCUT2D eigenvalue weighted by Crippen LogP contribution is -2.44. The van der Waals surface area contributed by atoms with Crippen molar-refractivity contribution >= 4 is 23.0 Å². The summed E-state index contributed by atoms with van der Waals surface area (Å²) >= 11 is 0. The molecule has 0 radical (unpaired) electrons. The summed E-state index contributed by atoms with van der Waals surface area (Å²) in [4.78, 5) is 14.6. The van der Waals surface area contributed by atoms with E-state index < -0.39 is 0 Å². The lowest BCUT2D eigenvalue weighted by atomic mass is 9.89. The van der Waals surface area contributed by atoms with Crippen molar-refractivity contribution in [3.05, 3.63) is 41.0 Å². The Labute approximate surface area is 181 Å². The minimum absolute atomic E-state index is 0. The largest absolute Gasteiger partial charge is 0.371 e. The number of hydrogen-bond donors (Lipinski definition) is 3. The highest BCUT2D eigenvalue weighted by atomic mass is 16.1. The number of allylic oxidation sites excluding steroid dienone is 1. The Balaban J connectivity index is 0.00000480.